The van der Waals surface area contributed by atoms with Crippen LogP contribution in [0.25, 0.3) is 0 Å². The van der Waals surface area contributed by atoms with Crippen molar-refractivity contribution in [2.24, 2.45) is 0 Å². The molecule has 68 valence electrons. The summed E-state index contributed by atoms with van der Waals surface area (Å²) in [6.07, 6.45) is 2.78. The molecule has 1 aromatic carbocycles. The van der Waals surface area contributed by atoms with E-state index in [0.717, 1.165) is 5.92 Å². The normalized spacial score (nSPS) is 31.1. The van der Waals surface area contributed by atoms with Gasteiger partial charge in [-0.1, -0.05) is 24.3 Å². The number of hydrogen-bond donors (Lipinski definition) is 0. The van der Waals surface area contributed by atoms with Crippen LogP contribution in [0, 0.1) is 0 Å². The molecular formula is C12H15N. The maximum absolute atomic E-state index is 2.59. The summed E-state index contributed by atoms with van der Waals surface area (Å²) in [4.78, 5) is 2.59. The van der Waals surface area contributed by atoms with Crippen LogP contribution in [-0.2, 0) is 6.54 Å². The molecule has 2 unspecified atom stereocenters. The summed E-state index contributed by atoms with van der Waals surface area (Å²) in [6, 6.07) is 8.96. The Morgan fingerprint density at radius 1 is 1.23 bits per heavy atom. The van der Waals surface area contributed by atoms with Crippen LogP contribution in [0.2, 0.25) is 0 Å². The van der Waals surface area contributed by atoms with Crippen LogP contribution in [0.1, 0.15) is 29.9 Å². The molecule has 2 bridgehead atoms. The molecule has 0 spiro atoms. The average Bonchev–Trinajstić information content (AvgIpc) is 2.18. The Bertz CT molecular complexity index is 319. The van der Waals surface area contributed by atoms with Crippen LogP contribution in [0.5, 0.6) is 0 Å². The minimum atomic E-state index is 0.832. The predicted octanol–water partition coefficient (Wildman–Crippen LogP) is 2.38. The van der Waals surface area contributed by atoms with Gasteiger partial charge in [0.05, 0.1) is 0 Å². The van der Waals surface area contributed by atoms with Gasteiger partial charge in [-0.3, -0.25) is 4.90 Å². The van der Waals surface area contributed by atoms with Crippen LogP contribution in [-0.4, -0.2) is 18.0 Å². The third-order valence-corrected chi connectivity index (χ3v) is 3.39. The first-order chi connectivity index (χ1) is 6.43. The Balaban J connectivity index is 2.06. The number of rotatable bonds is 0. The quantitative estimate of drug-likeness (QED) is 0.582. The fraction of sp³-hybridized carbons (Fsp3) is 0.500. The summed E-state index contributed by atoms with van der Waals surface area (Å²) in [5.74, 6) is 0.832. The molecule has 0 saturated carbocycles. The molecule has 1 nitrogen and oxygen atoms in total. The molecule has 1 heteroatoms. The fourth-order valence-electron chi connectivity index (χ4n) is 2.77. The summed E-state index contributed by atoms with van der Waals surface area (Å²) in [6.45, 7) is 3.80. The summed E-state index contributed by atoms with van der Waals surface area (Å²) >= 11 is 0. The maximum atomic E-state index is 2.59. The van der Waals surface area contributed by atoms with Crippen molar-refractivity contribution in [3.63, 3.8) is 0 Å². The maximum Gasteiger partial charge on any atom is 0.0236 e. The van der Waals surface area contributed by atoms with Crippen molar-refractivity contribution in [3.8, 4) is 0 Å². The molecule has 0 aromatic heterocycles. The van der Waals surface area contributed by atoms with E-state index in [4.69, 9.17) is 0 Å². The standard InChI is InChI=1S/C12H15N/c1-2-6-12-10(4-1)8-13-7-3-5-11(12)9-13/h1-2,4,6,11H,3,5,7-9H2. The van der Waals surface area contributed by atoms with E-state index in [1.807, 2.05) is 0 Å². The third-order valence-electron chi connectivity index (χ3n) is 3.39. The minimum absolute atomic E-state index is 0.832. The monoisotopic (exact) mass is 173 g/mol. The summed E-state index contributed by atoms with van der Waals surface area (Å²) < 4.78 is 0. The van der Waals surface area contributed by atoms with Crippen LogP contribution in [0.3, 0.4) is 0 Å². The van der Waals surface area contributed by atoms with E-state index < -0.39 is 0 Å². The van der Waals surface area contributed by atoms with Gasteiger partial charge >= 0.3 is 0 Å². The second-order valence-electron chi connectivity index (χ2n) is 4.27. The first kappa shape index (κ1) is 7.57. The molecule has 0 aliphatic carbocycles. The zero-order valence-electron chi connectivity index (χ0n) is 7.87. The van der Waals surface area contributed by atoms with Crippen molar-refractivity contribution in [3.05, 3.63) is 35.4 Å². The van der Waals surface area contributed by atoms with Gasteiger partial charge in [0.25, 0.3) is 0 Å². The SMILES string of the molecule is c1ccc2c(c1)CN1CCCC2C1. The number of nitrogens with zero attached hydrogens (tertiary/aromatic N) is 1. The highest BCUT2D eigenvalue weighted by atomic mass is 15.1. The van der Waals surface area contributed by atoms with Gasteiger partial charge in [0.1, 0.15) is 0 Å². The van der Waals surface area contributed by atoms with E-state index >= 15 is 0 Å². The molecule has 2 aliphatic rings. The Kier molecular flexibility index (Phi) is 1.66. The topological polar surface area (TPSA) is 3.24 Å². The van der Waals surface area contributed by atoms with Gasteiger partial charge in [0.2, 0.25) is 0 Å². The number of fused-ring (bicyclic) bond motifs is 4. The van der Waals surface area contributed by atoms with Crippen LogP contribution in [0.4, 0.5) is 0 Å². The van der Waals surface area contributed by atoms with Crippen molar-refractivity contribution in [2.75, 3.05) is 13.1 Å². The highest BCUT2D eigenvalue weighted by molar-refractivity contribution is 5.33. The van der Waals surface area contributed by atoms with E-state index in [9.17, 15) is 0 Å². The van der Waals surface area contributed by atoms with Gasteiger partial charge in [0.15, 0.2) is 0 Å². The van der Waals surface area contributed by atoms with Crippen LogP contribution in [0.15, 0.2) is 24.3 Å². The lowest BCUT2D eigenvalue weighted by atomic mass is 9.84. The molecule has 2 atom stereocenters. The van der Waals surface area contributed by atoms with Gasteiger partial charge in [-0.05, 0) is 36.4 Å². The lowest BCUT2D eigenvalue weighted by Gasteiger charge is -2.38. The lowest BCUT2D eigenvalue weighted by molar-refractivity contribution is 0.182. The largest absolute Gasteiger partial charge is 0.298 e. The van der Waals surface area contributed by atoms with E-state index in [-0.39, 0.29) is 0 Å². The molecule has 0 radical (unpaired) electrons. The molecule has 2 aliphatic heterocycles. The summed E-state index contributed by atoms with van der Waals surface area (Å²) in [5.41, 5.74) is 3.19. The zero-order valence-corrected chi connectivity index (χ0v) is 7.87. The van der Waals surface area contributed by atoms with Gasteiger partial charge in [0, 0.05) is 13.1 Å². The molecular weight excluding hydrogens is 158 g/mol. The van der Waals surface area contributed by atoms with Gasteiger partial charge < -0.3 is 0 Å². The highest BCUT2D eigenvalue weighted by Crippen LogP contribution is 2.34. The van der Waals surface area contributed by atoms with Gasteiger partial charge in [-0.25, -0.2) is 0 Å². The Hall–Kier alpha value is -0.820. The number of benzene rings is 1. The first-order valence-corrected chi connectivity index (χ1v) is 5.23. The Morgan fingerprint density at radius 3 is 3.15 bits per heavy atom. The smallest absolute Gasteiger partial charge is 0.0236 e. The second kappa shape index (κ2) is 2.85. The van der Waals surface area contributed by atoms with Crippen LogP contribution < -0.4 is 0 Å². The van der Waals surface area contributed by atoms with E-state index in [0.29, 0.717) is 0 Å². The Labute approximate surface area is 79.4 Å². The summed E-state index contributed by atoms with van der Waals surface area (Å²) in [5, 5.41) is 0. The van der Waals surface area contributed by atoms with Gasteiger partial charge in [-0.2, -0.15) is 0 Å². The van der Waals surface area contributed by atoms with Crippen LogP contribution >= 0.6 is 0 Å². The van der Waals surface area contributed by atoms with Crippen molar-refractivity contribution in [1.29, 1.82) is 0 Å². The first-order valence-electron chi connectivity index (χ1n) is 5.23. The van der Waals surface area contributed by atoms with Crippen molar-refractivity contribution in [2.45, 2.75) is 25.3 Å². The molecule has 1 fully saturated rings. The van der Waals surface area contributed by atoms with Gasteiger partial charge in [-0.15, -0.1) is 0 Å². The van der Waals surface area contributed by atoms with Crippen molar-refractivity contribution in [1.82, 2.24) is 4.90 Å². The highest BCUT2D eigenvalue weighted by Gasteiger charge is 2.27. The molecule has 13 heavy (non-hydrogen) atoms. The third kappa shape index (κ3) is 1.19. The number of hydrogen-bond acceptors (Lipinski definition) is 1. The zero-order chi connectivity index (χ0) is 8.67. The van der Waals surface area contributed by atoms with E-state index in [2.05, 4.69) is 29.2 Å². The molecule has 3 rings (SSSR count). The second-order valence-corrected chi connectivity index (χ2v) is 4.27. The number of piperidine rings is 1. The average molecular weight is 173 g/mol. The van der Waals surface area contributed by atoms with E-state index in [1.165, 1.54) is 32.5 Å². The van der Waals surface area contributed by atoms with E-state index in [1.54, 1.807) is 11.1 Å². The molecule has 0 N–H and O–H groups in total. The molecule has 0 amide bonds. The summed E-state index contributed by atoms with van der Waals surface area (Å²) in [7, 11) is 0. The fourth-order valence-corrected chi connectivity index (χ4v) is 2.77. The van der Waals surface area contributed by atoms with Crippen molar-refractivity contribution >= 4 is 0 Å². The minimum Gasteiger partial charge on any atom is -0.298 e. The Morgan fingerprint density at radius 2 is 2.15 bits per heavy atom. The molecule has 1 aromatic rings. The van der Waals surface area contributed by atoms with Crippen molar-refractivity contribution < 1.29 is 0 Å². The molecule has 2 heterocycles. The molecule has 1 saturated heterocycles. The lowest BCUT2D eigenvalue weighted by Crippen LogP contribution is -2.38. The predicted molar refractivity (Wildman–Crippen MR) is 53.7 cm³/mol.